The van der Waals surface area contributed by atoms with E-state index in [0.717, 1.165) is 5.33 Å². The Kier molecular flexibility index (Phi) is 4.99. The van der Waals surface area contributed by atoms with Gasteiger partial charge in [0.25, 0.3) is 0 Å². The standard InChI is InChI=1S/C22H15Br3/c23-13-16-11-12-19(22(24)25)21-18-8-4-2-6-15(18)10-9-14-5-1-3-7-17(14)20(16)21/h1-12,22H,13H2/b10-9-,14-9?,15-10?,20-17?,21-18?. The molecule has 0 nitrogen and oxygen atoms in total. The van der Waals surface area contributed by atoms with Crippen LogP contribution in [0.5, 0.6) is 0 Å². The van der Waals surface area contributed by atoms with Crippen molar-refractivity contribution in [2.75, 3.05) is 0 Å². The van der Waals surface area contributed by atoms with Crippen molar-refractivity contribution < 1.29 is 0 Å². The van der Waals surface area contributed by atoms with Crippen LogP contribution in [-0.2, 0) is 5.33 Å². The molecule has 0 heterocycles. The van der Waals surface area contributed by atoms with E-state index in [-0.39, 0.29) is 3.74 Å². The maximum atomic E-state index is 3.73. The highest BCUT2D eigenvalue weighted by Crippen LogP contribution is 2.47. The predicted octanol–water partition coefficient (Wildman–Crippen LogP) is 8.19. The fraction of sp³-hybridized carbons (Fsp3) is 0.0909. The maximum Gasteiger partial charge on any atom is 0.0952 e. The predicted molar refractivity (Wildman–Crippen MR) is 119 cm³/mol. The third-order valence-electron chi connectivity index (χ3n) is 4.61. The summed E-state index contributed by atoms with van der Waals surface area (Å²) in [5, 5.41) is 0.824. The first-order chi connectivity index (χ1) is 12.2. The molecule has 0 saturated heterocycles. The van der Waals surface area contributed by atoms with Crippen molar-refractivity contribution in [3.05, 3.63) is 82.9 Å². The summed E-state index contributed by atoms with van der Waals surface area (Å²) in [6.07, 6.45) is 4.45. The van der Waals surface area contributed by atoms with Crippen LogP contribution in [0.15, 0.2) is 60.7 Å². The minimum Gasteiger partial charge on any atom is -0.0876 e. The van der Waals surface area contributed by atoms with Crippen molar-refractivity contribution in [2.45, 2.75) is 9.07 Å². The summed E-state index contributed by atoms with van der Waals surface area (Å²) < 4.78 is 0.0988. The lowest BCUT2D eigenvalue weighted by atomic mass is 9.83. The molecule has 124 valence electrons. The molecule has 0 unspecified atom stereocenters. The highest BCUT2D eigenvalue weighted by Gasteiger charge is 2.22. The molecule has 0 aromatic heterocycles. The summed E-state index contributed by atoms with van der Waals surface area (Å²) in [5.41, 5.74) is 10.2. The Labute approximate surface area is 173 Å². The van der Waals surface area contributed by atoms with Crippen LogP contribution in [-0.4, -0.2) is 0 Å². The van der Waals surface area contributed by atoms with E-state index in [0.29, 0.717) is 0 Å². The average molecular weight is 519 g/mol. The van der Waals surface area contributed by atoms with Crippen molar-refractivity contribution in [1.29, 1.82) is 0 Å². The lowest BCUT2D eigenvalue weighted by molar-refractivity contribution is 1.34. The van der Waals surface area contributed by atoms with Gasteiger partial charge < -0.3 is 0 Å². The lowest BCUT2D eigenvalue weighted by Gasteiger charge is -2.23. The van der Waals surface area contributed by atoms with Crippen LogP contribution in [0.2, 0.25) is 0 Å². The Hall–Kier alpha value is -1.16. The van der Waals surface area contributed by atoms with Crippen molar-refractivity contribution >= 4 is 59.9 Å². The molecule has 1 aliphatic carbocycles. The average Bonchev–Trinajstić information content (AvgIpc) is 2.64. The maximum absolute atomic E-state index is 3.73. The minimum atomic E-state index is 0.0988. The largest absolute Gasteiger partial charge is 0.0952 e. The lowest BCUT2D eigenvalue weighted by Crippen LogP contribution is -2.00. The Bertz CT molecular complexity index is 971. The first kappa shape index (κ1) is 17.3. The van der Waals surface area contributed by atoms with Gasteiger partial charge in [-0.15, -0.1) is 0 Å². The highest BCUT2D eigenvalue weighted by molar-refractivity contribution is 9.24. The quantitative estimate of drug-likeness (QED) is 0.235. The second kappa shape index (κ2) is 7.22. The molecule has 0 N–H and O–H groups in total. The summed E-state index contributed by atoms with van der Waals surface area (Å²) in [4.78, 5) is 0. The molecule has 0 fully saturated rings. The summed E-state index contributed by atoms with van der Waals surface area (Å²) >= 11 is 11.2. The number of alkyl halides is 3. The van der Waals surface area contributed by atoms with Crippen LogP contribution in [0.3, 0.4) is 0 Å². The molecule has 3 aromatic carbocycles. The van der Waals surface area contributed by atoms with Crippen molar-refractivity contribution in [3.8, 4) is 22.3 Å². The van der Waals surface area contributed by atoms with Gasteiger partial charge >= 0.3 is 0 Å². The molecule has 0 spiro atoms. The Balaban J connectivity index is 2.21. The Morgan fingerprint density at radius 1 is 0.680 bits per heavy atom. The van der Waals surface area contributed by atoms with Crippen molar-refractivity contribution in [2.24, 2.45) is 0 Å². The van der Waals surface area contributed by atoms with Gasteiger partial charge in [-0.2, -0.15) is 0 Å². The van der Waals surface area contributed by atoms with Crippen molar-refractivity contribution in [1.82, 2.24) is 0 Å². The topological polar surface area (TPSA) is 0 Å². The summed E-state index contributed by atoms with van der Waals surface area (Å²) in [6.45, 7) is 0. The van der Waals surface area contributed by atoms with E-state index in [2.05, 4.69) is 121 Å². The van der Waals surface area contributed by atoms with Gasteiger partial charge in [0.2, 0.25) is 0 Å². The van der Waals surface area contributed by atoms with Crippen LogP contribution in [0.25, 0.3) is 34.4 Å². The SMILES string of the molecule is BrCc1ccc(C(Br)Br)c2c1-c1ccccc1/C=C\c1ccccc1-2. The fourth-order valence-electron chi connectivity index (χ4n) is 3.47. The molecule has 0 atom stereocenters. The third-order valence-corrected chi connectivity index (χ3v) is 6.20. The Morgan fingerprint density at radius 3 is 1.80 bits per heavy atom. The molecule has 0 radical (unpaired) electrons. The summed E-state index contributed by atoms with van der Waals surface area (Å²) in [5.74, 6) is 0. The molecular weight excluding hydrogens is 504 g/mol. The number of benzene rings is 3. The van der Waals surface area contributed by atoms with E-state index in [1.165, 1.54) is 44.5 Å². The van der Waals surface area contributed by atoms with Gasteiger partial charge in [0.05, 0.1) is 3.74 Å². The van der Waals surface area contributed by atoms with E-state index in [1.807, 2.05) is 0 Å². The van der Waals surface area contributed by atoms with Crippen LogP contribution < -0.4 is 0 Å². The molecule has 25 heavy (non-hydrogen) atoms. The van der Waals surface area contributed by atoms with Gasteiger partial charge in [0.15, 0.2) is 0 Å². The molecule has 0 amide bonds. The monoisotopic (exact) mass is 516 g/mol. The van der Waals surface area contributed by atoms with Gasteiger partial charge in [0.1, 0.15) is 0 Å². The van der Waals surface area contributed by atoms with Gasteiger partial charge in [-0.25, -0.2) is 0 Å². The molecular formula is C22H15Br3. The zero-order valence-electron chi connectivity index (χ0n) is 13.3. The molecule has 3 aromatic rings. The Morgan fingerprint density at radius 2 is 1.24 bits per heavy atom. The highest BCUT2D eigenvalue weighted by atomic mass is 79.9. The third kappa shape index (κ3) is 3.07. The van der Waals surface area contributed by atoms with Gasteiger partial charge in [-0.3, -0.25) is 0 Å². The molecule has 0 aliphatic heterocycles. The second-order valence-electron chi connectivity index (χ2n) is 6.01. The molecule has 3 heteroatoms. The van der Waals surface area contributed by atoms with Crippen LogP contribution in [0.1, 0.15) is 26.0 Å². The normalized spacial score (nSPS) is 13.4. The molecule has 0 saturated carbocycles. The number of halogens is 3. The van der Waals surface area contributed by atoms with E-state index in [4.69, 9.17) is 0 Å². The number of hydrogen-bond donors (Lipinski definition) is 0. The van der Waals surface area contributed by atoms with E-state index < -0.39 is 0 Å². The number of rotatable bonds is 2. The molecule has 4 rings (SSSR count). The van der Waals surface area contributed by atoms with E-state index >= 15 is 0 Å². The summed E-state index contributed by atoms with van der Waals surface area (Å²) in [7, 11) is 0. The zero-order valence-corrected chi connectivity index (χ0v) is 18.1. The van der Waals surface area contributed by atoms with Crippen LogP contribution in [0, 0.1) is 0 Å². The smallest absolute Gasteiger partial charge is 0.0876 e. The number of fused-ring (bicyclic) bond motifs is 5. The first-order valence-corrected chi connectivity index (χ1v) is 11.0. The van der Waals surface area contributed by atoms with Crippen LogP contribution in [0.4, 0.5) is 0 Å². The van der Waals surface area contributed by atoms with E-state index in [1.54, 1.807) is 0 Å². The zero-order chi connectivity index (χ0) is 17.4. The van der Waals surface area contributed by atoms with Crippen LogP contribution >= 0.6 is 47.8 Å². The van der Waals surface area contributed by atoms with Gasteiger partial charge in [-0.05, 0) is 44.5 Å². The minimum absolute atomic E-state index is 0.0988. The molecule has 0 bridgehead atoms. The van der Waals surface area contributed by atoms with Crippen molar-refractivity contribution in [3.63, 3.8) is 0 Å². The first-order valence-electron chi connectivity index (χ1n) is 8.07. The second-order valence-corrected chi connectivity index (χ2v) is 9.63. The fourth-order valence-corrected chi connectivity index (χ4v) is 4.70. The van der Waals surface area contributed by atoms with Gasteiger partial charge in [0, 0.05) is 5.33 Å². The summed E-state index contributed by atoms with van der Waals surface area (Å²) in [6, 6.07) is 21.7. The van der Waals surface area contributed by atoms with E-state index in [9.17, 15) is 0 Å². The van der Waals surface area contributed by atoms with Gasteiger partial charge in [-0.1, -0.05) is 121 Å². The number of hydrogen-bond acceptors (Lipinski definition) is 0. The molecule has 1 aliphatic rings.